The molecule has 14 heteroatoms. The molecule has 13 nitrogen and oxygen atoms in total. The molecule has 0 atom stereocenters. The number of nitrogens with zero attached hydrogens (tertiary/aromatic N) is 5. The number of hydrogen-bond acceptors (Lipinski definition) is 10. The summed E-state index contributed by atoms with van der Waals surface area (Å²) in [5.41, 5.74) is 3.37. The summed E-state index contributed by atoms with van der Waals surface area (Å²) >= 11 is 0. The van der Waals surface area contributed by atoms with E-state index in [4.69, 9.17) is 30.6 Å². The number of amides is 1. The Balaban J connectivity index is 0. The zero-order chi connectivity index (χ0) is 19.1. The Morgan fingerprint density at radius 3 is 1.88 bits per heavy atom. The van der Waals surface area contributed by atoms with Crippen LogP contribution in [-0.4, -0.2) is 59.6 Å². The first-order chi connectivity index (χ1) is 11.8. The maximum atomic E-state index is 11.5. The Labute approximate surface area is 165 Å². The fourth-order valence-electron chi connectivity index (χ4n) is 1.16. The van der Waals surface area contributed by atoms with Crippen LogP contribution in [-0.2, 0) is 0 Å². The largest absolute Gasteiger partial charge is 2.00 e. The van der Waals surface area contributed by atoms with Crippen LogP contribution in [0.1, 0.15) is 16.2 Å². The molecule has 2 aromatic rings. The molecule has 2 radical (unpaired) electrons. The van der Waals surface area contributed by atoms with Crippen molar-refractivity contribution in [1.29, 1.82) is 0 Å². The van der Waals surface area contributed by atoms with E-state index in [1.807, 2.05) is 12.1 Å². The first-order valence-electron chi connectivity index (χ1n) is 6.11. The Bertz CT molecular complexity index is 682. The molecule has 1 N–H and O–H groups in total. The number of pyridine rings is 2. The van der Waals surface area contributed by atoms with E-state index in [-0.39, 0.29) is 33.2 Å². The quantitative estimate of drug-likeness (QED) is 0.240. The van der Waals surface area contributed by atoms with E-state index in [1.165, 1.54) is 6.21 Å². The number of aromatic nitrogens is 2. The van der Waals surface area contributed by atoms with Crippen LogP contribution in [0, 0.1) is 30.6 Å². The minimum Gasteiger partial charge on any atom is -0.356 e. The molecule has 0 bridgehead atoms. The summed E-state index contributed by atoms with van der Waals surface area (Å²) in [5.74, 6) is -0.349. The second-order valence-electron chi connectivity index (χ2n) is 3.62. The third-order valence-corrected chi connectivity index (χ3v) is 1.95. The summed E-state index contributed by atoms with van der Waals surface area (Å²) in [6, 6.07) is 10.5. The van der Waals surface area contributed by atoms with Crippen molar-refractivity contribution < 1.29 is 15.0 Å². The maximum Gasteiger partial charge on any atom is 2.00 e. The van der Waals surface area contributed by atoms with Gasteiger partial charge in [-0.15, -0.1) is 0 Å². The molecule has 2 aromatic heterocycles. The molecule has 0 fully saturated rings. The normalized spacial score (nSPS) is 8.62. The van der Waals surface area contributed by atoms with Crippen molar-refractivity contribution in [3.05, 3.63) is 90.8 Å². The summed E-state index contributed by atoms with van der Waals surface area (Å²) in [6.07, 6.45) is 4.68. The molecule has 0 unspecified atom stereocenters. The van der Waals surface area contributed by atoms with Crippen LogP contribution < -0.4 is 5.43 Å². The molecule has 0 aliphatic rings. The molecule has 0 spiro atoms. The van der Waals surface area contributed by atoms with Gasteiger partial charge in [-0.2, -0.15) is 5.10 Å². The van der Waals surface area contributed by atoms with Gasteiger partial charge in [0, 0.05) is 12.4 Å². The average molecular weight is 557 g/mol. The predicted octanol–water partition coefficient (Wildman–Crippen LogP) is 0.381. The van der Waals surface area contributed by atoms with Gasteiger partial charge in [0.2, 0.25) is 0 Å². The van der Waals surface area contributed by atoms with E-state index < -0.39 is 10.2 Å². The second kappa shape index (κ2) is 15.3. The molecule has 0 saturated heterocycles. The first kappa shape index (κ1) is 25.0. The van der Waals surface area contributed by atoms with Crippen LogP contribution in [0.15, 0.2) is 53.9 Å². The van der Waals surface area contributed by atoms with Gasteiger partial charge in [-0.3, -0.25) is 14.8 Å². The fourth-order valence-corrected chi connectivity index (χ4v) is 1.16. The number of hydrogen-bond donors (Lipinski definition) is 1. The van der Waals surface area contributed by atoms with Gasteiger partial charge >= 0.3 is 27.3 Å². The number of rotatable bonds is 3. The zero-order valence-corrected chi connectivity index (χ0v) is 16.7. The molecule has 1 amide bonds. The van der Waals surface area contributed by atoms with E-state index >= 15 is 0 Å². The van der Waals surface area contributed by atoms with Crippen molar-refractivity contribution >= 4 is 39.4 Å². The Morgan fingerprint density at radius 1 is 0.962 bits per heavy atom. The van der Waals surface area contributed by atoms with Gasteiger partial charge in [0.25, 0.3) is 5.91 Å². The molecule has 0 aliphatic heterocycles. The second-order valence-corrected chi connectivity index (χ2v) is 3.62. The van der Waals surface area contributed by atoms with Crippen LogP contribution in [0.25, 0.3) is 0 Å². The van der Waals surface area contributed by atoms with Crippen LogP contribution in [0.2, 0.25) is 0 Å². The monoisotopic (exact) mass is 558 g/mol. The molecule has 134 valence electrons. The Kier molecular flexibility index (Phi) is 14.7. The Hall–Kier alpha value is -3.24. The Morgan fingerprint density at radius 2 is 1.46 bits per heavy atom. The van der Waals surface area contributed by atoms with Crippen LogP contribution in [0.3, 0.4) is 0 Å². The van der Waals surface area contributed by atoms with Crippen molar-refractivity contribution in [1.82, 2.24) is 15.4 Å². The van der Waals surface area contributed by atoms with Crippen molar-refractivity contribution in [3.8, 4) is 0 Å². The SMILES string of the molecule is O=C(N/N=C/c1ccccn1)c1ccccn1.O=[N+]([O-])[O-].O=[N+]([O-])[O-].[Pb+2]. The number of carbonyl (C=O) groups excluding carboxylic acids is 1. The van der Waals surface area contributed by atoms with Gasteiger partial charge in [-0.05, 0) is 24.3 Å². The zero-order valence-electron chi connectivity index (χ0n) is 12.8. The van der Waals surface area contributed by atoms with Crippen molar-refractivity contribution in [3.63, 3.8) is 0 Å². The van der Waals surface area contributed by atoms with Crippen LogP contribution >= 0.6 is 0 Å². The standard InChI is InChI=1S/C12H10N4O.2NO3.Pb/c17-12(11-6-2-4-8-14-11)16-15-9-10-5-1-3-7-13-10;2*2-1(3)4;/h1-9H,(H,16,17);;;/q;2*-1;+2/b15-9+;;;. The van der Waals surface area contributed by atoms with E-state index in [1.54, 1.807) is 36.7 Å². The molecule has 0 saturated carbocycles. The molecule has 0 aromatic carbocycles. The summed E-state index contributed by atoms with van der Waals surface area (Å²) in [7, 11) is 0. The predicted molar refractivity (Wildman–Crippen MR) is 90.0 cm³/mol. The summed E-state index contributed by atoms with van der Waals surface area (Å²) in [5, 5.41) is 33.3. The number of hydrazone groups is 1. The molecule has 2 heterocycles. The molecule has 26 heavy (non-hydrogen) atoms. The average Bonchev–Trinajstić information content (AvgIpc) is 2.55. The van der Waals surface area contributed by atoms with Gasteiger partial charge in [0.05, 0.1) is 22.1 Å². The fraction of sp³-hybridized carbons (Fsp3) is 0. The first-order valence-corrected chi connectivity index (χ1v) is 6.11. The van der Waals surface area contributed by atoms with E-state index in [0.29, 0.717) is 11.4 Å². The third-order valence-electron chi connectivity index (χ3n) is 1.95. The van der Waals surface area contributed by atoms with Gasteiger partial charge < -0.3 is 30.6 Å². The van der Waals surface area contributed by atoms with Gasteiger partial charge in [-0.25, -0.2) is 5.43 Å². The van der Waals surface area contributed by atoms with Crippen molar-refractivity contribution in [2.45, 2.75) is 0 Å². The smallest absolute Gasteiger partial charge is 0.356 e. The van der Waals surface area contributed by atoms with Gasteiger partial charge in [0.15, 0.2) is 0 Å². The third kappa shape index (κ3) is 15.6. The van der Waals surface area contributed by atoms with E-state index in [2.05, 4.69) is 20.5 Å². The molecule has 0 aliphatic carbocycles. The van der Waals surface area contributed by atoms with Crippen LogP contribution in [0.5, 0.6) is 0 Å². The number of carbonyl (C=O) groups is 1. The van der Waals surface area contributed by atoms with Gasteiger partial charge in [0.1, 0.15) is 5.69 Å². The number of nitrogens with one attached hydrogen (secondary N) is 1. The summed E-state index contributed by atoms with van der Waals surface area (Å²) < 4.78 is 0. The van der Waals surface area contributed by atoms with E-state index in [0.717, 1.165) is 0 Å². The van der Waals surface area contributed by atoms with Crippen LogP contribution in [0.4, 0.5) is 0 Å². The topological polar surface area (TPSA) is 200 Å². The molecule has 2 rings (SSSR count). The van der Waals surface area contributed by atoms with Crippen molar-refractivity contribution in [2.75, 3.05) is 0 Å². The summed E-state index contributed by atoms with van der Waals surface area (Å²) in [4.78, 5) is 36.0. The minimum atomic E-state index is -1.75. The molecular formula is C12H10N6O7Pb. The van der Waals surface area contributed by atoms with Gasteiger partial charge in [-0.1, -0.05) is 12.1 Å². The maximum absolute atomic E-state index is 11.5. The molecular weight excluding hydrogens is 547 g/mol. The minimum absolute atomic E-state index is 0. The van der Waals surface area contributed by atoms with E-state index in [9.17, 15) is 4.79 Å². The van der Waals surface area contributed by atoms with Crippen molar-refractivity contribution in [2.24, 2.45) is 5.10 Å². The summed E-state index contributed by atoms with van der Waals surface area (Å²) in [6.45, 7) is 0.